The minimum absolute atomic E-state index is 0.0660. The summed E-state index contributed by atoms with van der Waals surface area (Å²) in [6.45, 7) is 1.95. The van der Waals surface area contributed by atoms with E-state index in [1.165, 1.54) is 36.6 Å². The molecule has 184 valence electrons. The minimum atomic E-state index is -3.18. The van der Waals surface area contributed by atoms with Crippen molar-refractivity contribution in [3.8, 4) is 0 Å². The van der Waals surface area contributed by atoms with Crippen molar-refractivity contribution in [3.63, 3.8) is 0 Å². The second-order valence-electron chi connectivity index (χ2n) is 8.12. The number of imidazole rings is 1. The molecule has 0 bridgehead atoms. The van der Waals surface area contributed by atoms with Crippen LogP contribution in [0.15, 0.2) is 11.1 Å². The Labute approximate surface area is 191 Å². The molecule has 0 aliphatic carbocycles. The molecule has 1 saturated heterocycles. The van der Waals surface area contributed by atoms with Gasteiger partial charge in [-0.3, -0.25) is 23.7 Å². The largest absolute Gasteiger partial charge is 0.459 e. The molecular formula is C20H32N5O7P. The van der Waals surface area contributed by atoms with Gasteiger partial charge in [-0.15, -0.1) is 0 Å². The maximum atomic E-state index is 12.4. The molecule has 2 aromatic rings. The number of hydrogen-bond donors (Lipinski definition) is 3. The van der Waals surface area contributed by atoms with Crippen molar-refractivity contribution < 1.29 is 28.3 Å². The summed E-state index contributed by atoms with van der Waals surface area (Å²) in [5.41, 5.74) is 5.49. The number of fused-ring (bicyclic) bond motifs is 1. The van der Waals surface area contributed by atoms with Crippen molar-refractivity contribution >= 4 is 31.3 Å². The quantitative estimate of drug-likeness (QED) is 0.217. The predicted octanol–water partition coefficient (Wildman–Crippen LogP) is 2.44. The summed E-state index contributed by atoms with van der Waals surface area (Å²) in [4.78, 5) is 44.0. The number of ether oxygens (including phenoxy) is 2. The number of hydrogen-bond acceptors (Lipinski definition) is 9. The first-order valence-electron chi connectivity index (χ1n) is 11.3. The summed E-state index contributed by atoms with van der Waals surface area (Å²) in [5, 5.41) is 0. The van der Waals surface area contributed by atoms with Gasteiger partial charge in [0.25, 0.3) is 5.56 Å². The van der Waals surface area contributed by atoms with Gasteiger partial charge in [-0.2, -0.15) is 4.98 Å². The van der Waals surface area contributed by atoms with E-state index in [0.717, 1.165) is 19.3 Å². The van der Waals surface area contributed by atoms with E-state index in [-0.39, 0.29) is 36.1 Å². The third kappa shape index (κ3) is 7.10. The fourth-order valence-electron chi connectivity index (χ4n) is 3.91. The number of nitrogen functional groups attached to an aromatic ring is 1. The lowest BCUT2D eigenvalue weighted by Gasteiger charge is -2.18. The fraction of sp³-hybridized carbons (Fsp3) is 0.700. The Hall–Kier alpha value is -2.27. The fourth-order valence-corrected chi connectivity index (χ4v) is 4.21. The normalized spacial score (nSPS) is 21.5. The second-order valence-corrected chi connectivity index (χ2v) is 8.94. The minimum Gasteiger partial charge on any atom is -0.459 e. The molecular weight excluding hydrogens is 453 g/mol. The van der Waals surface area contributed by atoms with Crippen LogP contribution in [0.5, 0.6) is 0 Å². The number of unbranched alkanes of at least 4 members (excludes halogenated alkanes) is 6. The van der Waals surface area contributed by atoms with E-state index < -0.39 is 32.2 Å². The Morgan fingerprint density at radius 2 is 2.06 bits per heavy atom. The molecule has 0 amide bonds. The van der Waals surface area contributed by atoms with Crippen LogP contribution in [0.3, 0.4) is 0 Å². The van der Waals surface area contributed by atoms with E-state index in [1.54, 1.807) is 0 Å². The third-order valence-electron chi connectivity index (χ3n) is 5.58. The maximum Gasteiger partial charge on any atom is 0.316 e. The molecule has 0 aromatic carbocycles. The van der Waals surface area contributed by atoms with E-state index in [2.05, 4.69) is 21.9 Å². The molecule has 1 unspecified atom stereocenters. The molecule has 12 nitrogen and oxygen atoms in total. The van der Waals surface area contributed by atoms with Crippen LogP contribution >= 0.6 is 8.25 Å². The Morgan fingerprint density at radius 3 is 2.79 bits per heavy atom. The van der Waals surface area contributed by atoms with Crippen LogP contribution in [0, 0.1) is 0 Å². The number of carbonyl (C=O) groups excluding carboxylic acids is 1. The molecule has 0 spiro atoms. The highest BCUT2D eigenvalue weighted by Crippen LogP contribution is 2.34. The summed E-state index contributed by atoms with van der Waals surface area (Å²) in [6, 6.07) is 0. The predicted molar refractivity (Wildman–Crippen MR) is 121 cm³/mol. The first-order valence-corrected chi connectivity index (χ1v) is 12.6. The van der Waals surface area contributed by atoms with Crippen LogP contribution in [-0.2, 0) is 23.4 Å². The molecule has 3 rings (SSSR count). The molecule has 0 saturated carbocycles. The van der Waals surface area contributed by atoms with Gasteiger partial charge in [0, 0.05) is 12.8 Å². The number of rotatable bonds is 13. The van der Waals surface area contributed by atoms with Crippen LogP contribution in [0.1, 0.15) is 70.9 Å². The average molecular weight is 485 g/mol. The van der Waals surface area contributed by atoms with Crippen molar-refractivity contribution in [2.45, 2.75) is 83.1 Å². The number of nitrogens with one attached hydrogen (secondary N) is 1. The molecule has 1 fully saturated rings. The van der Waals surface area contributed by atoms with E-state index in [0.29, 0.717) is 6.42 Å². The zero-order chi connectivity index (χ0) is 23.8. The molecule has 0 radical (unpaired) electrons. The first-order chi connectivity index (χ1) is 15.9. The van der Waals surface area contributed by atoms with Gasteiger partial charge >= 0.3 is 14.2 Å². The smallest absolute Gasteiger partial charge is 0.316 e. The zero-order valence-corrected chi connectivity index (χ0v) is 19.7. The molecule has 4 atom stereocenters. The van der Waals surface area contributed by atoms with Crippen LogP contribution < -0.4 is 11.3 Å². The van der Waals surface area contributed by atoms with Crippen LogP contribution in [0.4, 0.5) is 5.95 Å². The molecule has 3 heterocycles. The highest BCUT2D eigenvalue weighted by atomic mass is 31.1. The van der Waals surface area contributed by atoms with Crippen molar-refractivity contribution in [2.24, 2.45) is 0 Å². The standard InChI is InChI=1S/C20H32N5O7P/c1-2-3-4-5-6-7-8-9-16(26)32-13-10-15(31-14(13)11-30-33(28)29)25-12-22-17-18(25)23-20(21)24-19(17)27/h12-15,33H,2-11H2,1H3,(H,28,29)(H3,21,23,24,27)/t13-,14+,15+/m0/s1. The highest BCUT2D eigenvalue weighted by Gasteiger charge is 2.40. The van der Waals surface area contributed by atoms with Crippen molar-refractivity contribution in [3.05, 3.63) is 16.7 Å². The monoisotopic (exact) mass is 485 g/mol. The van der Waals surface area contributed by atoms with Crippen LogP contribution in [0.2, 0.25) is 0 Å². The molecule has 1 aliphatic rings. The Balaban J connectivity index is 1.61. The van der Waals surface area contributed by atoms with Gasteiger partial charge in [0.05, 0.1) is 12.9 Å². The van der Waals surface area contributed by atoms with E-state index in [4.69, 9.17) is 24.6 Å². The number of aromatic amines is 1. The number of carbonyl (C=O) groups is 1. The third-order valence-corrected chi connectivity index (χ3v) is 5.99. The van der Waals surface area contributed by atoms with E-state index in [9.17, 15) is 14.2 Å². The summed E-state index contributed by atoms with van der Waals surface area (Å²) in [6.07, 6.45) is 7.41. The SMILES string of the molecule is CCCCCCCCCC(=O)O[C@H]1C[C@H](n2cnc3c(=O)[nH]c(N)nc32)O[C@@H]1CO[PH](=O)O. The van der Waals surface area contributed by atoms with Gasteiger partial charge in [0.1, 0.15) is 18.4 Å². The van der Waals surface area contributed by atoms with Crippen molar-refractivity contribution in [1.82, 2.24) is 19.5 Å². The van der Waals surface area contributed by atoms with E-state index >= 15 is 0 Å². The first kappa shape index (κ1) is 25.4. The lowest BCUT2D eigenvalue weighted by atomic mass is 10.1. The number of H-pyrrole nitrogens is 1. The molecule has 33 heavy (non-hydrogen) atoms. The maximum absolute atomic E-state index is 12.4. The van der Waals surface area contributed by atoms with Gasteiger partial charge in [-0.25, -0.2) is 4.98 Å². The number of aromatic nitrogens is 4. The van der Waals surface area contributed by atoms with Gasteiger partial charge < -0.3 is 24.6 Å². The van der Waals surface area contributed by atoms with Crippen LogP contribution in [-0.4, -0.2) is 49.2 Å². The molecule has 2 aromatic heterocycles. The molecule has 1 aliphatic heterocycles. The van der Waals surface area contributed by atoms with E-state index in [1.807, 2.05) is 0 Å². The number of anilines is 1. The van der Waals surface area contributed by atoms with Gasteiger partial charge in [-0.1, -0.05) is 45.4 Å². The second kappa shape index (κ2) is 12.3. The summed E-state index contributed by atoms with van der Waals surface area (Å²) >= 11 is 0. The molecule has 13 heteroatoms. The van der Waals surface area contributed by atoms with Gasteiger partial charge in [0.2, 0.25) is 5.95 Å². The summed E-state index contributed by atoms with van der Waals surface area (Å²) in [5.74, 6) is -0.419. The Kier molecular flexibility index (Phi) is 9.42. The summed E-state index contributed by atoms with van der Waals surface area (Å²) in [7, 11) is -3.18. The number of esters is 1. The van der Waals surface area contributed by atoms with Crippen LogP contribution in [0.25, 0.3) is 11.2 Å². The van der Waals surface area contributed by atoms with Gasteiger partial charge in [-0.05, 0) is 6.42 Å². The molecule has 4 N–H and O–H groups in total. The highest BCUT2D eigenvalue weighted by molar-refractivity contribution is 7.32. The van der Waals surface area contributed by atoms with Crippen molar-refractivity contribution in [2.75, 3.05) is 12.3 Å². The Morgan fingerprint density at radius 1 is 1.33 bits per heavy atom. The topological polar surface area (TPSA) is 172 Å². The average Bonchev–Trinajstić information content (AvgIpc) is 3.35. The summed E-state index contributed by atoms with van der Waals surface area (Å²) < 4.78 is 29.0. The van der Waals surface area contributed by atoms with Gasteiger partial charge in [0.15, 0.2) is 11.2 Å². The number of nitrogens with zero attached hydrogens (tertiary/aromatic N) is 3. The zero-order valence-electron chi connectivity index (χ0n) is 18.7. The van der Waals surface area contributed by atoms with Crippen molar-refractivity contribution in [1.29, 1.82) is 0 Å². The number of nitrogens with two attached hydrogens (primary N) is 1. The lowest BCUT2D eigenvalue weighted by Crippen LogP contribution is -2.30. The Bertz CT molecular complexity index is 1010. The lowest BCUT2D eigenvalue weighted by molar-refractivity contribution is -0.153.